The van der Waals surface area contributed by atoms with Crippen molar-refractivity contribution >= 4 is 46.6 Å². The van der Waals surface area contributed by atoms with Crippen molar-refractivity contribution in [1.82, 2.24) is 14.8 Å². The second-order valence-corrected chi connectivity index (χ2v) is 10.3. The molecule has 1 amide bonds. The zero-order valence-corrected chi connectivity index (χ0v) is 23.1. The summed E-state index contributed by atoms with van der Waals surface area (Å²) in [6.45, 7) is 8.23. The van der Waals surface area contributed by atoms with E-state index in [1.54, 1.807) is 12.1 Å². The Bertz CT molecular complexity index is 1370. The molecule has 1 heterocycles. The molecule has 0 atom stereocenters. The number of nitrogens with one attached hydrogen (secondary N) is 1. The Morgan fingerprint density at radius 3 is 2.19 bits per heavy atom. The van der Waals surface area contributed by atoms with Gasteiger partial charge in [-0.1, -0.05) is 85.2 Å². The summed E-state index contributed by atoms with van der Waals surface area (Å²) in [6, 6.07) is 17.6. The minimum Gasteiger partial charge on any atom is -0.325 e. The fraction of sp³-hybridized carbons (Fsp3) is 0.250. The van der Waals surface area contributed by atoms with Crippen LogP contribution in [0, 0.1) is 13.8 Å². The first-order chi connectivity index (χ1) is 17.3. The van der Waals surface area contributed by atoms with Crippen LogP contribution in [0.1, 0.15) is 36.1 Å². The van der Waals surface area contributed by atoms with Crippen LogP contribution in [0.4, 0.5) is 5.69 Å². The summed E-state index contributed by atoms with van der Waals surface area (Å²) in [5, 5.41) is 13.8. The van der Waals surface area contributed by atoms with E-state index in [1.165, 1.54) is 22.9 Å². The van der Waals surface area contributed by atoms with E-state index < -0.39 is 0 Å². The number of hydrogen-bond donors (Lipinski definition) is 1. The van der Waals surface area contributed by atoms with Crippen LogP contribution < -0.4 is 5.32 Å². The summed E-state index contributed by atoms with van der Waals surface area (Å²) in [5.74, 6) is 0.707. The summed E-state index contributed by atoms with van der Waals surface area (Å²) >= 11 is 14.1. The molecule has 186 valence electrons. The highest BCUT2D eigenvalue weighted by Gasteiger charge is 2.22. The lowest BCUT2D eigenvalue weighted by Gasteiger charge is -2.18. The first-order valence-electron chi connectivity index (χ1n) is 11.8. The van der Waals surface area contributed by atoms with Crippen molar-refractivity contribution in [3.8, 4) is 17.1 Å². The molecule has 0 aliphatic rings. The number of benzene rings is 3. The number of aryl methyl sites for hydroxylation is 4. The van der Waals surface area contributed by atoms with Crippen LogP contribution in [0.25, 0.3) is 17.1 Å². The molecule has 0 saturated carbocycles. The molecule has 0 aliphatic heterocycles. The predicted molar refractivity (Wildman–Crippen MR) is 151 cm³/mol. The van der Waals surface area contributed by atoms with Crippen LogP contribution in [0.5, 0.6) is 0 Å². The Hall–Kier alpha value is -2.80. The van der Waals surface area contributed by atoms with Gasteiger partial charge in [0, 0.05) is 16.3 Å². The molecule has 0 saturated heterocycles. The lowest BCUT2D eigenvalue weighted by molar-refractivity contribution is -0.113. The number of hydrogen-bond acceptors (Lipinski definition) is 4. The van der Waals surface area contributed by atoms with Crippen LogP contribution in [0.2, 0.25) is 10.0 Å². The van der Waals surface area contributed by atoms with Crippen LogP contribution in [-0.2, 0) is 17.6 Å². The SMILES string of the molecule is CCc1cccc(CC)c1-n1c(SCC(=O)Nc2c(C)cccc2C)nnc1-c1ccc(Cl)cc1Cl. The van der Waals surface area contributed by atoms with Gasteiger partial charge < -0.3 is 5.32 Å². The fourth-order valence-corrected chi connectivity index (χ4v) is 5.46. The van der Waals surface area contributed by atoms with Crippen molar-refractivity contribution in [3.63, 3.8) is 0 Å². The number of halogens is 2. The van der Waals surface area contributed by atoms with Gasteiger partial charge in [0.1, 0.15) is 0 Å². The molecule has 0 unspecified atom stereocenters. The van der Waals surface area contributed by atoms with Gasteiger partial charge in [0.05, 0.1) is 16.5 Å². The van der Waals surface area contributed by atoms with E-state index in [9.17, 15) is 4.79 Å². The quantitative estimate of drug-likeness (QED) is 0.233. The van der Waals surface area contributed by atoms with Gasteiger partial charge in [-0.05, 0) is 67.1 Å². The van der Waals surface area contributed by atoms with Gasteiger partial charge in [-0.3, -0.25) is 9.36 Å². The fourth-order valence-electron chi connectivity index (χ4n) is 4.23. The summed E-state index contributed by atoms with van der Waals surface area (Å²) in [4.78, 5) is 12.9. The summed E-state index contributed by atoms with van der Waals surface area (Å²) in [6.07, 6.45) is 1.68. The average molecular weight is 540 g/mol. The van der Waals surface area contributed by atoms with E-state index in [1.807, 2.05) is 42.7 Å². The maximum absolute atomic E-state index is 12.9. The molecule has 4 rings (SSSR count). The number of nitrogens with zero attached hydrogens (tertiary/aromatic N) is 3. The highest BCUT2D eigenvalue weighted by Crippen LogP contribution is 2.36. The van der Waals surface area contributed by atoms with E-state index in [-0.39, 0.29) is 11.7 Å². The van der Waals surface area contributed by atoms with Crippen molar-refractivity contribution < 1.29 is 4.79 Å². The summed E-state index contributed by atoms with van der Waals surface area (Å²) < 4.78 is 2.03. The summed E-state index contributed by atoms with van der Waals surface area (Å²) in [5.41, 5.74) is 7.01. The standard InChI is InChI=1S/C28H28Cl2N4OS/c1-5-19-11-8-12-20(6-2)26(19)34-27(22-14-13-21(29)15-23(22)30)32-33-28(34)36-16-24(35)31-25-17(3)9-7-10-18(25)4/h7-15H,5-6,16H2,1-4H3,(H,31,35). The van der Waals surface area contributed by atoms with Crippen molar-refractivity contribution in [1.29, 1.82) is 0 Å². The first kappa shape index (κ1) is 26.3. The third-order valence-corrected chi connectivity index (χ3v) is 7.55. The number of carbonyl (C=O) groups is 1. The number of rotatable bonds is 8. The van der Waals surface area contributed by atoms with Gasteiger partial charge >= 0.3 is 0 Å². The Labute approximate surface area is 226 Å². The van der Waals surface area contributed by atoms with E-state index in [0.717, 1.165) is 40.9 Å². The van der Waals surface area contributed by atoms with Crippen molar-refractivity contribution in [2.24, 2.45) is 0 Å². The zero-order valence-electron chi connectivity index (χ0n) is 20.7. The Kier molecular flexibility index (Phi) is 8.39. The van der Waals surface area contributed by atoms with Gasteiger partial charge in [-0.2, -0.15) is 0 Å². The van der Waals surface area contributed by atoms with E-state index in [4.69, 9.17) is 23.2 Å². The van der Waals surface area contributed by atoms with E-state index in [0.29, 0.717) is 21.0 Å². The molecule has 0 bridgehead atoms. The number of thioether (sulfide) groups is 1. The minimum atomic E-state index is -0.0995. The maximum atomic E-state index is 12.9. The van der Waals surface area contributed by atoms with Gasteiger partial charge in [-0.25, -0.2) is 0 Å². The minimum absolute atomic E-state index is 0.0995. The molecule has 5 nitrogen and oxygen atoms in total. The Balaban J connectivity index is 1.75. The lowest BCUT2D eigenvalue weighted by Crippen LogP contribution is -2.16. The summed E-state index contributed by atoms with van der Waals surface area (Å²) in [7, 11) is 0. The molecule has 0 radical (unpaired) electrons. The van der Waals surface area contributed by atoms with Crippen LogP contribution in [0.3, 0.4) is 0 Å². The second-order valence-electron chi connectivity index (χ2n) is 8.50. The van der Waals surface area contributed by atoms with Crippen molar-refractivity contribution in [3.05, 3.63) is 86.9 Å². The topological polar surface area (TPSA) is 59.8 Å². The molecule has 1 N–H and O–H groups in total. The van der Waals surface area contributed by atoms with Gasteiger partial charge in [0.25, 0.3) is 0 Å². The third-order valence-electron chi connectivity index (χ3n) is 6.07. The largest absolute Gasteiger partial charge is 0.325 e. The van der Waals surface area contributed by atoms with E-state index in [2.05, 4.69) is 47.6 Å². The third kappa shape index (κ3) is 5.46. The number of anilines is 1. The van der Waals surface area contributed by atoms with Gasteiger partial charge in [0.2, 0.25) is 5.91 Å². The molecule has 4 aromatic rings. The molecule has 3 aromatic carbocycles. The molecule has 0 fully saturated rings. The van der Waals surface area contributed by atoms with Gasteiger partial charge in [0.15, 0.2) is 11.0 Å². The molecule has 1 aromatic heterocycles. The normalized spacial score (nSPS) is 11.1. The number of carbonyl (C=O) groups excluding carboxylic acids is 1. The smallest absolute Gasteiger partial charge is 0.234 e. The molecule has 36 heavy (non-hydrogen) atoms. The predicted octanol–water partition coefficient (Wildman–Crippen LogP) is 7.71. The number of amides is 1. The number of para-hydroxylation sites is 2. The lowest BCUT2D eigenvalue weighted by atomic mass is 10.0. The van der Waals surface area contributed by atoms with Crippen LogP contribution in [-0.4, -0.2) is 26.4 Å². The zero-order chi connectivity index (χ0) is 25.8. The molecular weight excluding hydrogens is 511 g/mol. The molecule has 0 spiro atoms. The Morgan fingerprint density at radius 1 is 0.944 bits per heavy atom. The van der Waals surface area contributed by atoms with Crippen LogP contribution in [0.15, 0.2) is 59.8 Å². The van der Waals surface area contributed by atoms with Crippen molar-refractivity contribution in [2.75, 3.05) is 11.1 Å². The van der Waals surface area contributed by atoms with Gasteiger partial charge in [-0.15, -0.1) is 10.2 Å². The second kappa shape index (κ2) is 11.5. The first-order valence-corrected chi connectivity index (χ1v) is 13.6. The van der Waals surface area contributed by atoms with Crippen LogP contribution >= 0.6 is 35.0 Å². The number of aromatic nitrogens is 3. The van der Waals surface area contributed by atoms with Crippen molar-refractivity contribution in [2.45, 2.75) is 45.7 Å². The highest BCUT2D eigenvalue weighted by atomic mass is 35.5. The highest BCUT2D eigenvalue weighted by molar-refractivity contribution is 7.99. The molecule has 8 heteroatoms. The maximum Gasteiger partial charge on any atom is 0.234 e. The monoisotopic (exact) mass is 538 g/mol. The average Bonchev–Trinajstić information content (AvgIpc) is 3.27. The Morgan fingerprint density at radius 2 is 1.58 bits per heavy atom. The molecule has 0 aliphatic carbocycles. The molecular formula is C28H28Cl2N4OS. The van der Waals surface area contributed by atoms with E-state index >= 15 is 0 Å².